The van der Waals surface area contributed by atoms with Gasteiger partial charge in [0, 0.05) is 37.0 Å². The molecule has 3 aromatic rings. The zero-order valence-electron chi connectivity index (χ0n) is 45.1. The molecule has 3 fully saturated rings. The van der Waals surface area contributed by atoms with Gasteiger partial charge in [-0.2, -0.15) is 0 Å². The normalized spacial score (nSPS) is 29.3. The predicted molar refractivity (Wildman–Crippen MR) is 280 cm³/mol. The molecule has 2 saturated carbocycles. The van der Waals surface area contributed by atoms with Crippen LogP contribution in [0.1, 0.15) is 118 Å². The maximum atomic E-state index is 16.1. The highest BCUT2D eigenvalue weighted by atomic mass is 32.2. The largest absolute Gasteiger partial charge is 0.455 e. The van der Waals surface area contributed by atoms with Crippen molar-refractivity contribution >= 4 is 55.8 Å². The first-order valence-corrected chi connectivity index (χ1v) is 29.1. The highest BCUT2D eigenvalue weighted by molar-refractivity contribution is 8.01. The number of rotatable bonds is 16. The quantitative estimate of drug-likeness (QED) is 0.0304. The number of thioether (sulfide) groups is 1. The first-order chi connectivity index (χ1) is 35.2. The molecule has 75 heavy (non-hydrogen) atoms. The number of Topliss-reactive ketones (excluding diaryl/α,β-unsaturated/α-hetero) is 1. The fraction of sp³-hybridized carbons (Fsp3) is 0.544. The molecule has 2 bridgehead atoms. The van der Waals surface area contributed by atoms with E-state index in [4.69, 9.17) is 32.8 Å². The topological polar surface area (TPSA) is 220 Å². The van der Waals surface area contributed by atoms with Gasteiger partial charge in [-0.3, -0.25) is 14.4 Å². The first-order valence-electron chi connectivity index (χ1n) is 25.8. The SMILES string of the molecule is CC[Si](CC)(CC)O[C@H]1C[C@H]2OC[C@@]2(OC(C)=O)C2[C@H](OC(=O)c3ccccc3)[C@]3(O)C[C@H](OC(=O)[C@](OC(C)=O)(Sc4ccccc4)[C@@H](NC(=O)OC(C)(C)C)c4ccccc4)C(C)=C([C@@H](O)C(=O)[C@@]21C)C3(C)C. The molecule has 1 amide bonds. The molecular weight excluding hydrogens is 999 g/mol. The van der Waals surface area contributed by atoms with Crippen LogP contribution in [0, 0.1) is 16.7 Å². The summed E-state index contributed by atoms with van der Waals surface area (Å²) >= 11 is 0.786. The van der Waals surface area contributed by atoms with Crippen molar-refractivity contribution in [2.24, 2.45) is 16.7 Å². The second kappa shape index (κ2) is 21.6. The Morgan fingerprint density at radius 3 is 1.93 bits per heavy atom. The lowest BCUT2D eigenvalue weighted by atomic mass is 9.44. The van der Waals surface area contributed by atoms with Crippen molar-refractivity contribution in [3.8, 4) is 0 Å². The van der Waals surface area contributed by atoms with Crippen LogP contribution < -0.4 is 5.32 Å². The number of fused-ring (bicyclic) bond motifs is 5. The Hall–Kier alpha value is -5.37. The Bertz CT molecular complexity index is 2650. The van der Waals surface area contributed by atoms with Gasteiger partial charge in [0.05, 0.1) is 29.6 Å². The van der Waals surface area contributed by atoms with Crippen molar-refractivity contribution < 1.29 is 71.8 Å². The Kier molecular flexibility index (Phi) is 16.5. The van der Waals surface area contributed by atoms with E-state index in [0.717, 1.165) is 18.7 Å². The molecule has 0 aromatic heterocycles. The van der Waals surface area contributed by atoms with E-state index >= 15 is 9.59 Å². The highest BCUT2D eigenvalue weighted by Crippen LogP contribution is 2.65. The van der Waals surface area contributed by atoms with Crippen molar-refractivity contribution in [1.29, 1.82) is 0 Å². The summed E-state index contributed by atoms with van der Waals surface area (Å²) in [6.45, 7) is 19.6. The lowest BCUT2D eigenvalue weighted by Gasteiger charge is -2.68. The van der Waals surface area contributed by atoms with E-state index in [1.807, 2.05) is 20.8 Å². The van der Waals surface area contributed by atoms with Crippen molar-refractivity contribution in [3.05, 3.63) is 113 Å². The fourth-order valence-electron chi connectivity index (χ4n) is 12.1. The van der Waals surface area contributed by atoms with E-state index in [-0.39, 0.29) is 29.7 Å². The summed E-state index contributed by atoms with van der Waals surface area (Å²) in [6, 6.07) is 25.5. The van der Waals surface area contributed by atoms with E-state index in [0.29, 0.717) is 28.6 Å². The van der Waals surface area contributed by atoms with E-state index in [2.05, 4.69) is 5.32 Å². The Balaban J connectivity index is 1.49. The van der Waals surface area contributed by atoms with Gasteiger partial charge in [-0.25, -0.2) is 14.4 Å². The zero-order valence-corrected chi connectivity index (χ0v) is 46.9. The lowest BCUT2D eigenvalue weighted by Crippen LogP contribution is -2.82. The number of benzene rings is 3. The van der Waals surface area contributed by atoms with Gasteiger partial charge in [0.15, 0.2) is 19.7 Å². The van der Waals surface area contributed by atoms with Crippen molar-refractivity contribution in [1.82, 2.24) is 5.32 Å². The van der Waals surface area contributed by atoms with Crippen LogP contribution in [-0.2, 0) is 52.0 Å². The van der Waals surface area contributed by atoms with Gasteiger partial charge in [0.25, 0.3) is 4.93 Å². The first kappa shape index (κ1) is 57.3. The summed E-state index contributed by atoms with van der Waals surface area (Å²) in [7, 11) is -2.64. The van der Waals surface area contributed by atoms with Gasteiger partial charge in [-0.1, -0.05) is 113 Å². The number of carbonyl (C=O) groups is 6. The van der Waals surface area contributed by atoms with Crippen LogP contribution in [-0.4, -0.2) is 113 Å². The second-order valence-corrected chi connectivity index (χ2v) is 28.1. The van der Waals surface area contributed by atoms with Crippen molar-refractivity contribution in [2.45, 2.75) is 177 Å². The monoisotopic (exact) mass is 1070 g/mol. The molecule has 4 aliphatic rings. The molecule has 7 rings (SSSR count). The number of esters is 4. The number of carbonyl (C=O) groups excluding carboxylic acids is 6. The lowest BCUT2D eigenvalue weighted by molar-refractivity contribution is -0.344. The van der Waals surface area contributed by atoms with E-state index in [1.165, 1.54) is 19.1 Å². The van der Waals surface area contributed by atoms with Crippen LogP contribution in [0.25, 0.3) is 0 Å². The molecule has 1 aliphatic heterocycles. The van der Waals surface area contributed by atoms with Gasteiger partial charge in [0.1, 0.15) is 41.7 Å². The third kappa shape index (κ3) is 10.5. The summed E-state index contributed by atoms with van der Waals surface area (Å²) < 4.78 is 45.2. The summed E-state index contributed by atoms with van der Waals surface area (Å²) in [5.74, 6) is -5.95. The number of ether oxygens (including phenoxy) is 6. The van der Waals surface area contributed by atoms with E-state index in [1.54, 1.807) is 127 Å². The molecule has 1 saturated heterocycles. The van der Waals surface area contributed by atoms with Crippen molar-refractivity contribution in [3.63, 3.8) is 0 Å². The summed E-state index contributed by atoms with van der Waals surface area (Å²) in [5, 5.41) is 30.1. The van der Waals surface area contributed by atoms with Crippen LogP contribution in [0.3, 0.4) is 0 Å². The molecule has 11 atom stereocenters. The number of hydrogen-bond donors (Lipinski definition) is 3. The molecule has 3 aliphatic carbocycles. The van der Waals surface area contributed by atoms with Gasteiger partial charge >= 0.3 is 30.0 Å². The van der Waals surface area contributed by atoms with Crippen LogP contribution in [0.4, 0.5) is 4.79 Å². The Morgan fingerprint density at radius 1 is 0.840 bits per heavy atom. The molecule has 18 heteroatoms. The maximum absolute atomic E-state index is 16.1. The van der Waals surface area contributed by atoms with Crippen LogP contribution in [0.2, 0.25) is 18.1 Å². The summed E-state index contributed by atoms with van der Waals surface area (Å²) in [4.78, 5) is 85.8. The molecule has 406 valence electrons. The third-order valence-electron chi connectivity index (χ3n) is 16.2. The Morgan fingerprint density at radius 2 is 1.41 bits per heavy atom. The van der Waals surface area contributed by atoms with Crippen LogP contribution in [0.5, 0.6) is 0 Å². The molecule has 3 N–H and O–H groups in total. The van der Waals surface area contributed by atoms with Gasteiger partial charge < -0.3 is 48.4 Å². The van der Waals surface area contributed by atoms with Crippen LogP contribution >= 0.6 is 11.8 Å². The number of amides is 1. The standard InChI is InChI=1S/C57H73NO15SSi/c1-13-75(14-2,15-3)73-41-31-42-55(33-67-42,70-35(5)59)45-48(69-49(63)38-27-21-17-22-28-38)56(66)32-40(34(4)43(53(56,10)11)44(61)47(62)54(41,45)12)68-50(64)57(71-36(6)60,74-39-29-23-18-24-30-39)46(37-25-19-16-20-26-37)58-51(65)72-52(7,8)9/h16-30,40-42,44-46,48,61,66H,13-15,31-33H2,1-12H3,(H,58,65)/t40-,41-,42+,44+,45?,46-,48-,54+,55-,56+,57+/m0/s1. The van der Waals surface area contributed by atoms with Crippen molar-refractivity contribution in [2.75, 3.05) is 6.61 Å². The molecule has 1 heterocycles. The molecule has 0 spiro atoms. The minimum absolute atomic E-state index is 0.0166. The van der Waals surface area contributed by atoms with E-state index < -0.39 is 126 Å². The van der Waals surface area contributed by atoms with Gasteiger partial charge in [0.2, 0.25) is 0 Å². The number of nitrogens with one attached hydrogen (secondary N) is 1. The smallest absolute Gasteiger partial charge is 0.408 e. The highest BCUT2D eigenvalue weighted by Gasteiger charge is 2.78. The number of hydrogen-bond acceptors (Lipinski definition) is 16. The molecule has 16 nitrogen and oxygen atoms in total. The zero-order chi connectivity index (χ0) is 55.1. The molecule has 3 aromatic carbocycles. The van der Waals surface area contributed by atoms with Crippen LogP contribution in [0.15, 0.2) is 107 Å². The summed E-state index contributed by atoms with van der Waals surface area (Å²) in [5.41, 5.74) is -8.08. The molecular formula is C57H73NO15SSi. The van der Waals surface area contributed by atoms with E-state index in [9.17, 15) is 29.4 Å². The number of aliphatic hydroxyl groups excluding tert-OH is 1. The number of aliphatic hydroxyl groups is 2. The maximum Gasteiger partial charge on any atom is 0.408 e. The predicted octanol–water partition coefficient (Wildman–Crippen LogP) is 8.98. The second-order valence-electron chi connectivity index (χ2n) is 22.1. The Labute approximate surface area is 445 Å². The summed E-state index contributed by atoms with van der Waals surface area (Å²) in [6.07, 6.45) is -8.68. The minimum Gasteiger partial charge on any atom is -0.455 e. The average molecular weight is 1070 g/mol. The van der Waals surface area contributed by atoms with Gasteiger partial charge in [-0.15, -0.1) is 0 Å². The molecule has 1 unspecified atom stereocenters. The fourth-order valence-corrected chi connectivity index (χ4v) is 16.3. The number of alkyl carbamates (subject to hydrolysis) is 1. The third-order valence-corrected chi connectivity index (χ3v) is 22.2. The molecule has 0 radical (unpaired) electrons. The average Bonchev–Trinajstić information content (AvgIpc) is 3.35. The number of ketones is 1. The minimum atomic E-state index is -2.64. The van der Waals surface area contributed by atoms with Gasteiger partial charge in [-0.05, 0) is 93.7 Å².